The van der Waals surface area contributed by atoms with Crippen molar-refractivity contribution in [3.8, 4) is 0 Å². The first-order valence-corrected chi connectivity index (χ1v) is 5.31. The second kappa shape index (κ2) is 13.2. The van der Waals surface area contributed by atoms with Gasteiger partial charge in [0.05, 0.1) is 0 Å². The number of nitrogens with one attached hydrogen (secondary N) is 4. The van der Waals surface area contributed by atoms with Gasteiger partial charge in [-0.1, -0.05) is 5.22 Å². The molecule has 15 heavy (non-hydrogen) atoms. The van der Waals surface area contributed by atoms with Crippen LogP contribution in [0.1, 0.15) is 0 Å². The lowest BCUT2D eigenvalue weighted by atomic mass is 10.5. The van der Waals surface area contributed by atoms with Crippen LogP contribution in [0.4, 0.5) is 0 Å². The summed E-state index contributed by atoms with van der Waals surface area (Å²) >= 11 is 0. The zero-order valence-corrected chi connectivity index (χ0v) is 9.13. The second-order valence-electron chi connectivity index (χ2n) is 3.05. The molecule has 0 aliphatic rings. The molecule has 0 spiro atoms. The van der Waals surface area contributed by atoms with Crippen LogP contribution in [0.25, 0.3) is 0 Å². The Balaban J connectivity index is 2.83. The Morgan fingerprint density at radius 3 is 1.73 bits per heavy atom. The molecule has 0 aliphatic carbocycles. The first kappa shape index (κ1) is 14.2. The number of rotatable bonds is 12. The standard InChI is InChI=1S/C8H22N7/c9-1-2-11-3-4-12-5-6-13-7-8-14-15-10/h11-14H,1-9H2. The van der Waals surface area contributed by atoms with Crippen LogP contribution in [-0.2, 0) is 0 Å². The van der Waals surface area contributed by atoms with E-state index in [4.69, 9.17) is 11.3 Å². The van der Waals surface area contributed by atoms with Crippen molar-refractivity contribution in [2.75, 3.05) is 52.4 Å². The van der Waals surface area contributed by atoms with Crippen molar-refractivity contribution in [2.24, 2.45) is 11.0 Å². The molecular weight excluding hydrogens is 194 g/mol. The summed E-state index contributed by atoms with van der Waals surface area (Å²) in [5, 5.41) is 12.4. The van der Waals surface area contributed by atoms with E-state index in [1.165, 1.54) is 0 Å². The van der Waals surface area contributed by atoms with Gasteiger partial charge in [0.1, 0.15) is 0 Å². The third kappa shape index (κ3) is 13.2. The maximum Gasteiger partial charge on any atom is 0.0472 e. The van der Waals surface area contributed by atoms with Crippen molar-refractivity contribution < 1.29 is 0 Å². The first-order chi connectivity index (χ1) is 7.41. The molecule has 0 aromatic heterocycles. The van der Waals surface area contributed by atoms with Crippen LogP contribution in [0.5, 0.6) is 0 Å². The SMILES string of the molecule is [N]=NNCCNCCNCCNCCN. The molecule has 7 heteroatoms. The number of nitrogens with zero attached hydrogens (tertiary/aromatic N) is 2. The Kier molecular flexibility index (Phi) is 12.6. The molecule has 0 saturated carbocycles. The Morgan fingerprint density at radius 2 is 1.27 bits per heavy atom. The molecule has 0 saturated heterocycles. The molecule has 0 amide bonds. The molecule has 0 fully saturated rings. The third-order valence-electron chi connectivity index (χ3n) is 1.76. The van der Waals surface area contributed by atoms with Gasteiger partial charge >= 0.3 is 0 Å². The van der Waals surface area contributed by atoms with E-state index >= 15 is 0 Å². The van der Waals surface area contributed by atoms with Gasteiger partial charge in [-0.15, -0.1) is 0 Å². The van der Waals surface area contributed by atoms with E-state index in [0.717, 1.165) is 39.3 Å². The van der Waals surface area contributed by atoms with Gasteiger partial charge in [-0.25, -0.2) is 0 Å². The van der Waals surface area contributed by atoms with Gasteiger partial charge in [0.2, 0.25) is 0 Å². The van der Waals surface area contributed by atoms with Crippen molar-refractivity contribution in [1.29, 1.82) is 0 Å². The molecule has 0 unspecified atom stereocenters. The van der Waals surface area contributed by atoms with Crippen molar-refractivity contribution in [1.82, 2.24) is 26.9 Å². The average molecular weight is 216 g/mol. The summed E-state index contributed by atoms with van der Waals surface area (Å²) in [4.78, 5) is 0. The summed E-state index contributed by atoms with van der Waals surface area (Å²) in [6.45, 7) is 6.71. The van der Waals surface area contributed by atoms with E-state index in [9.17, 15) is 0 Å². The van der Waals surface area contributed by atoms with E-state index in [0.29, 0.717) is 13.1 Å². The lowest BCUT2D eigenvalue weighted by Crippen LogP contribution is -2.35. The molecule has 89 valence electrons. The highest BCUT2D eigenvalue weighted by Gasteiger charge is 1.88. The monoisotopic (exact) mass is 216 g/mol. The Labute approximate surface area is 91.0 Å². The summed E-state index contributed by atoms with van der Waals surface area (Å²) in [5.74, 6) is 0. The average Bonchev–Trinajstić information content (AvgIpc) is 2.26. The predicted molar refractivity (Wildman–Crippen MR) is 60.2 cm³/mol. The van der Waals surface area contributed by atoms with Crippen LogP contribution in [0.3, 0.4) is 0 Å². The molecule has 0 atom stereocenters. The van der Waals surface area contributed by atoms with Crippen molar-refractivity contribution in [3.63, 3.8) is 0 Å². The molecule has 1 radical (unpaired) electrons. The fourth-order valence-electron chi connectivity index (χ4n) is 1.02. The highest BCUT2D eigenvalue weighted by molar-refractivity contribution is 4.55. The minimum Gasteiger partial charge on any atom is -0.329 e. The fourth-order valence-corrected chi connectivity index (χ4v) is 1.02. The molecule has 0 rings (SSSR count). The largest absolute Gasteiger partial charge is 0.329 e. The molecule has 0 aromatic carbocycles. The minimum atomic E-state index is 0.633. The predicted octanol–water partition coefficient (Wildman–Crippen LogP) is -2.53. The van der Waals surface area contributed by atoms with E-state index in [1.807, 2.05) is 0 Å². The number of hydrogen-bond donors (Lipinski definition) is 5. The summed E-state index contributed by atoms with van der Waals surface area (Å²) in [6, 6.07) is 0. The minimum absolute atomic E-state index is 0.633. The highest BCUT2D eigenvalue weighted by atomic mass is 15.4. The molecular formula is C8H22N7. The zero-order valence-electron chi connectivity index (χ0n) is 9.13. The van der Waals surface area contributed by atoms with Crippen LogP contribution in [0.15, 0.2) is 5.22 Å². The maximum absolute atomic E-state index is 8.07. The van der Waals surface area contributed by atoms with E-state index in [-0.39, 0.29) is 0 Å². The van der Waals surface area contributed by atoms with Crippen molar-refractivity contribution in [2.45, 2.75) is 0 Å². The molecule has 0 aromatic rings. The van der Waals surface area contributed by atoms with Crippen LogP contribution < -0.4 is 32.6 Å². The third-order valence-corrected chi connectivity index (χ3v) is 1.76. The molecule has 7 nitrogen and oxygen atoms in total. The fraction of sp³-hybridized carbons (Fsp3) is 1.00. The van der Waals surface area contributed by atoms with Gasteiger partial charge in [-0.2, -0.15) is 0 Å². The second-order valence-corrected chi connectivity index (χ2v) is 3.05. The Hall–Kier alpha value is -0.760. The van der Waals surface area contributed by atoms with Crippen LogP contribution in [0.2, 0.25) is 0 Å². The zero-order chi connectivity index (χ0) is 11.2. The Bertz CT molecular complexity index is 130. The normalized spacial score (nSPS) is 10.2. The quantitative estimate of drug-likeness (QED) is 0.140. The summed E-state index contributed by atoms with van der Waals surface area (Å²) < 4.78 is 0. The first-order valence-electron chi connectivity index (χ1n) is 5.31. The van der Waals surface area contributed by atoms with Gasteiger partial charge in [-0.05, 0) is 5.53 Å². The van der Waals surface area contributed by atoms with E-state index < -0.39 is 0 Å². The number of hydrogen-bond acceptors (Lipinski definition) is 5. The topological polar surface area (TPSA) is 109 Å². The summed E-state index contributed by atoms with van der Waals surface area (Å²) in [7, 11) is 0. The summed E-state index contributed by atoms with van der Waals surface area (Å²) in [5.41, 5.74) is 15.8. The molecule has 0 heterocycles. The van der Waals surface area contributed by atoms with Gasteiger partial charge in [0.15, 0.2) is 0 Å². The van der Waals surface area contributed by atoms with Gasteiger partial charge in [0, 0.05) is 52.4 Å². The van der Waals surface area contributed by atoms with Crippen LogP contribution in [-0.4, -0.2) is 52.4 Å². The molecule has 0 bridgehead atoms. The van der Waals surface area contributed by atoms with Crippen LogP contribution >= 0.6 is 0 Å². The lowest BCUT2D eigenvalue weighted by Gasteiger charge is -2.06. The summed E-state index contributed by atoms with van der Waals surface area (Å²) in [6.07, 6.45) is 0. The van der Waals surface area contributed by atoms with E-state index in [2.05, 4.69) is 26.6 Å². The highest BCUT2D eigenvalue weighted by Crippen LogP contribution is 1.62. The van der Waals surface area contributed by atoms with E-state index in [1.54, 1.807) is 0 Å². The molecule has 0 aliphatic heterocycles. The van der Waals surface area contributed by atoms with Gasteiger partial charge in [0.25, 0.3) is 0 Å². The lowest BCUT2D eigenvalue weighted by molar-refractivity contribution is 0.568. The van der Waals surface area contributed by atoms with Gasteiger partial charge < -0.3 is 21.7 Å². The van der Waals surface area contributed by atoms with Gasteiger partial charge in [-0.3, -0.25) is 5.43 Å². The van der Waals surface area contributed by atoms with Crippen molar-refractivity contribution >= 4 is 0 Å². The Morgan fingerprint density at radius 1 is 0.800 bits per heavy atom. The van der Waals surface area contributed by atoms with Crippen LogP contribution in [0, 0.1) is 0 Å². The maximum atomic E-state index is 8.07. The van der Waals surface area contributed by atoms with Crippen molar-refractivity contribution in [3.05, 3.63) is 0 Å². The number of nitrogens with two attached hydrogens (primary N) is 1. The molecule has 6 N–H and O–H groups in total. The smallest absolute Gasteiger partial charge is 0.0472 e.